The van der Waals surface area contributed by atoms with Crippen LogP contribution in [-0.4, -0.2) is 31.1 Å². The fourth-order valence-electron chi connectivity index (χ4n) is 2.65. The van der Waals surface area contributed by atoms with Crippen LogP contribution in [0.2, 0.25) is 5.02 Å². The highest BCUT2D eigenvalue weighted by Crippen LogP contribution is 2.32. The van der Waals surface area contributed by atoms with E-state index in [2.05, 4.69) is 16.8 Å². The van der Waals surface area contributed by atoms with Gasteiger partial charge in [0, 0.05) is 42.8 Å². The monoisotopic (exact) mass is 300 g/mol. The second-order valence-corrected chi connectivity index (χ2v) is 5.39. The zero-order valence-corrected chi connectivity index (χ0v) is 12.1. The minimum atomic E-state index is -0.567. The highest BCUT2D eigenvalue weighted by Gasteiger charge is 2.27. The standard InChI is InChI=1S/C15H19ClF2N2/c1-2-3-4-14(20-7-5-19-6-8-20)15-12(17)9-11(16)10-13(15)18/h2,9-10,14,19H,1,3-8H2/t14-/m0/s1. The molecule has 1 fully saturated rings. The number of benzene rings is 1. The smallest absolute Gasteiger partial charge is 0.132 e. The van der Waals surface area contributed by atoms with Crippen LogP contribution in [0.3, 0.4) is 0 Å². The first-order valence-corrected chi connectivity index (χ1v) is 7.21. The first-order chi connectivity index (χ1) is 9.63. The van der Waals surface area contributed by atoms with Gasteiger partial charge >= 0.3 is 0 Å². The zero-order valence-electron chi connectivity index (χ0n) is 11.3. The topological polar surface area (TPSA) is 15.3 Å². The lowest BCUT2D eigenvalue weighted by Gasteiger charge is -2.35. The molecule has 0 unspecified atom stereocenters. The zero-order chi connectivity index (χ0) is 14.5. The van der Waals surface area contributed by atoms with Crippen molar-refractivity contribution in [1.29, 1.82) is 0 Å². The van der Waals surface area contributed by atoms with E-state index in [0.29, 0.717) is 6.42 Å². The molecule has 0 saturated carbocycles. The Hall–Kier alpha value is -0.970. The molecule has 0 radical (unpaired) electrons. The summed E-state index contributed by atoms with van der Waals surface area (Å²) in [5, 5.41) is 3.33. The molecule has 5 heteroatoms. The minimum Gasteiger partial charge on any atom is -0.314 e. The molecule has 1 aliphatic heterocycles. The number of hydrogen-bond acceptors (Lipinski definition) is 2. The summed E-state index contributed by atoms with van der Waals surface area (Å²) in [5.74, 6) is -1.13. The van der Waals surface area contributed by atoms with Crippen LogP contribution >= 0.6 is 11.6 Å². The third-order valence-corrected chi connectivity index (χ3v) is 3.83. The summed E-state index contributed by atoms with van der Waals surface area (Å²) in [6, 6.07) is 2.10. The van der Waals surface area contributed by atoms with Gasteiger partial charge in [-0.25, -0.2) is 8.78 Å². The molecule has 1 saturated heterocycles. The van der Waals surface area contributed by atoms with Gasteiger partial charge in [0.05, 0.1) is 0 Å². The van der Waals surface area contributed by atoms with Crippen LogP contribution in [0.5, 0.6) is 0 Å². The molecule has 20 heavy (non-hydrogen) atoms. The predicted molar refractivity (Wildman–Crippen MR) is 78.0 cm³/mol. The van der Waals surface area contributed by atoms with Crippen LogP contribution in [0, 0.1) is 11.6 Å². The second kappa shape index (κ2) is 7.16. The van der Waals surface area contributed by atoms with Crippen molar-refractivity contribution in [2.45, 2.75) is 18.9 Å². The van der Waals surface area contributed by atoms with Gasteiger partial charge in [-0.05, 0) is 25.0 Å². The lowest BCUT2D eigenvalue weighted by molar-refractivity contribution is 0.159. The Labute approximate surface area is 123 Å². The van der Waals surface area contributed by atoms with Crippen molar-refractivity contribution in [3.8, 4) is 0 Å². The first-order valence-electron chi connectivity index (χ1n) is 6.83. The van der Waals surface area contributed by atoms with Gasteiger partial charge in [-0.3, -0.25) is 4.90 Å². The van der Waals surface area contributed by atoms with Crippen LogP contribution in [0.4, 0.5) is 8.78 Å². The molecule has 2 rings (SSSR count). The molecule has 110 valence electrons. The van der Waals surface area contributed by atoms with Crippen molar-refractivity contribution in [3.05, 3.63) is 47.0 Å². The highest BCUT2D eigenvalue weighted by atomic mass is 35.5. The SMILES string of the molecule is C=CCC[C@@H](c1c(F)cc(Cl)cc1F)N1CCNCC1. The summed E-state index contributed by atoms with van der Waals surface area (Å²) in [5.41, 5.74) is 0.123. The molecular formula is C15H19ClF2N2. The van der Waals surface area contributed by atoms with E-state index in [-0.39, 0.29) is 16.6 Å². The van der Waals surface area contributed by atoms with Crippen molar-refractivity contribution < 1.29 is 8.78 Å². The molecule has 0 aromatic heterocycles. The first kappa shape index (κ1) is 15.4. The summed E-state index contributed by atoms with van der Waals surface area (Å²) in [7, 11) is 0. The summed E-state index contributed by atoms with van der Waals surface area (Å²) < 4.78 is 28.3. The van der Waals surface area contributed by atoms with Crippen molar-refractivity contribution in [2.24, 2.45) is 0 Å². The van der Waals surface area contributed by atoms with Gasteiger partial charge in [0.15, 0.2) is 0 Å². The maximum Gasteiger partial charge on any atom is 0.132 e. The molecule has 0 spiro atoms. The Morgan fingerprint density at radius 2 is 1.90 bits per heavy atom. The van der Waals surface area contributed by atoms with Gasteiger partial charge in [0.2, 0.25) is 0 Å². The summed E-state index contributed by atoms with van der Waals surface area (Å²) >= 11 is 5.70. The molecule has 1 heterocycles. The fourth-order valence-corrected chi connectivity index (χ4v) is 2.84. The van der Waals surface area contributed by atoms with E-state index in [1.807, 2.05) is 0 Å². The Morgan fingerprint density at radius 1 is 1.30 bits per heavy atom. The maximum atomic E-state index is 14.2. The molecule has 1 atom stereocenters. The Bertz CT molecular complexity index is 450. The average molecular weight is 301 g/mol. The molecule has 0 amide bonds. The summed E-state index contributed by atoms with van der Waals surface area (Å²) in [6.45, 7) is 6.92. The van der Waals surface area contributed by atoms with E-state index >= 15 is 0 Å². The van der Waals surface area contributed by atoms with Gasteiger partial charge in [-0.2, -0.15) is 0 Å². The molecule has 1 N–H and O–H groups in total. The molecule has 1 aliphatic rings. The van der Waals surface area contributed by atoms with Crippen LogP contribution in [0.25, 0.3) is 0 Å². The summed E-state index contributed by atoms with van der Waals surface area (Å²) in [4.78, 5) is 2.12. The minimum absolute atomic E-state index is 0.0894. The van der Waals surface area contributed by atoms with Gasteiger partial charge in [0.25, 0.3) is 0 Å². The van der Waals surface area contributed by atoms with Gasteiger partial charge < -0.3 is 5.32 Å². The molecule has 0 aliphatic carbocycles. The molecule has 1 aromatic carbocycles. The van der Waals surface area contributed by atoms with Crippen molar-refractivity contribution in [2.75, 3.05) is 26.2 Å². The van der Waals surface area contributed by atoms with Gasteiger partial charge in [-0.15, -0.1) is 6.58 Å². The number of halogens is 3. The Morgan fingerprint density at radius 3 is 2.45 bits per heavy atom. The normalized spacial score (nSPS) is 17.9. The van der Waals surface area contributed by atoms with Gasteiger partial charge in [0.1, 0.15) is 11.6 Å². The molecule has 1 aromatic rings. The molecule has 0 bridgehead atoms. The van der Waals surface area contributed by atoms with E-state index in [4.69, 9.17) is 11.6 Å². The van der Waals surface area contributed by atoms with Crippen LogP contribution in [0.15, 0.2) is 24.8 Å². The van der Waals surface area contributed by atoms with E-state index in [9.17, 15) is 8.78 Å². The number of nitrogens with zero attached hydrogens (tertiary/aromatic N) is 1. The van der Waals surface area contributed by atoms with E-state index in [1.165, 1.54) is 12.1 Å². The highest BCUT2D eigenvalue weighted by molar-refractivity contribution is 6.30. The van der Waals surface area contributed by atoms with Crippen molar-refractivity contribution >= 4 is 11.6 Å². The van der Waals surface area contributed by atoms with Gasteiger partial charge in [-0.1, -0.05) is 17.7 Å². The maximum absolute atomic E-state index is 14.2. The quantitative estimate of drug-likeness (QED) is 0.837. The van der Waals surface area contributed by atoms with E-state index in [1.54, 1.807) is 6.08 Å². The van der Waals surface area contributed by atoms with Crippen LogP contribution < -0.4 is 5.32 Å². The van der Waals surface area contributed by atoms with Crippen molar-refractivity contribution in [3.63, 3.8) is 0 Å². The molecule has 2 nitrogen and oxygen atoms in total. The van der Waals surface area contributed by atoms with Crippen molar-refractivity contribution in [1.82, 2.24) is 10.2 Å². The Balaban J connectivity index is 2.32. The third-order valence-electron chi connectivity index (χ3n) is 3.61. The van der Waals surface area contributed by atoms with E-state index < -0.39 is 11.6 Å². The lowest BCUT2D eigenvalue weighted by Crippen LogP contribution is -2.45. The Kier molecular flexibility index (Phi) is 5.52. The molecular weight excluding hydrogens is 282 g/mol. The van der Waals surface area contributed by atoms with Crippen LogP contribution in [-0.2, 0) is 0 Å². The predicted octanol–water partition coefficient (Wildman–Crippen LogP) is 3.53. The number of nitrogens with one attached hydrogen (secondary N) is 1. The number of hydrogen-bond donors (Lipinski definition) is 1. The average Bonchev–Trinajstić information content (AvgIpc) is 2.42. The third kappa shape index (κ3) is 3.57. The number of rotatable bonds is 5. The second-order valence-electron chi connectivity index (χ2n) is 4.95. The largest absolute Gasteiger partial charge is 0.314 e. The van der Waals surface area contributed by atoms with Crippen LogP contribution in [0.1, 0.15) is 24.4 Å². The van der Waals surface area contributed by atoms with E-state index in [0.717, 1.165) is 32.6 Å². The number of allylic oxidation sites excluding steroid dienone is 1. The fraction of sp³-hybridized carbons (Fsp3) is 0.467. The number of piperazine rings is 1. The lowest BCUT2D eigenvalue weighted by atomic mass is 9.98. The summed E-state index contributed by atoms with van der Waals surface area (Å²) in [6.07, 6.45) is 3.15.